The summed E-state index contributed by atoms with van der Waals surface area (Å²) in [5.74, 6) is 0.970. The maximum Gasteiger partial charge on any atom is 0.410 e. The molecule has 2 aromatic heterocycles. The first-order valence-corrected chi connectivity index (χ1v) is 13.7. The summed E-state index contributed by atoms with van der Waals surface area (Å²) in [4.78, 5) is 22.3. The van der Waals surface area contributed by atoms with E-state index in [-0.39, 0.29) is 11.7 Å². The molecule has 0 bridgehead atoms. The number of ether oxygens (including phenoxy) is 2. The molecular formula is C30H36ClN5O3. The Kier molecular flexibility index (Phi) is 7.55. The Hall–Kier alpha value is -3.20. The molecule has 0 saturated carbocycles. The van der Waals surface area contributed by atoms with Crippen molar-refractivity contribution in [2.24, 2.45) is 7.05 Å². The highest BCUT2D eigenvalue weighted by atomic mass is 35.5. The van der Waals surface area contributed by atoms with Crippen LogP contribution in [0.2, 0.25) is 5.02 Å². The number of epoxide rings is 1. The van der Waals surface area contributed by atoms with Crippen LogP contribution in [0.1, 0.15) is 54.7 Å². The summed E-state index contributed by atoms with van der Waals surface area (Å²) in [7, 11) is 2.03. The van der Waals surface area contributed by atoms with Crippen molar-refractivity contribution in [1.29, 1.82) is 0 Å². The first kappa shape index (κ1) is 27.4. The Morgan fingerprint density at radius 1 is 1.18 bits per heavy atom. The van der Waals surface area contributed by atoms with Crippen molar-refractivity contribution in [1.82, 2.24) is 24.8 Å². The number of imidazole rings is 1. The number of pyridine rings is 1. The third-order valence-corrected chi connectivity index (χ3v) is 7.45. The smallest absolute Gasteiger partial charge is 0.410 e. The predicted molar refractivity (Wildman–Crippen MR) is 153 cm³/mol. The average molecular weight is 550 g/mol. The Bertz CT molecular complexity index is 1400. The number of aromatic nitrogens is 3. The Labute approximate surface area is 235 Å². The van der Waals surface area contributed by atoms with E-state index in [0.717, 1.165) is 71.5 Å². The highest BCUT2D eigenvalue weighted by Gasteiger charge is 2.53. The van der Waals surface area contributed by atoms with Crippen LogP contribution < -0.4 is 5.32 Å². The predicted octanol–water partition coefficient (Wildman–Crippen LogP) is 4.97. The third-order valence-electron chi connectivity index (χ3n) is 7.22. The Morgan fingerprint density at radius 2 is 1.92 bits per heavy atom. The molecule has 1 aromatic carbocycles. The van der Waals surface area contributed by atoms with Crippen molar-refractivity contribution in [3.63, 3.8) is 0 Å². The molecule has 1 aliphatic carbocycles. The van der Waals surface area contributed by atoms with Gasteiger partial charge >= 0.3 is 6.09 Å². The minimum atomic E-state index is -0.479. The van der Waals surface area contributed by atoms with Crippen LogP contribution in [0.15, 0.2) is 42.7 Å². The van der Waals surface area contributed by atoms with E-state index in [4.69, 9.17) is 21.1 Å². The van der Waals surface area contributed by atoms with Gasteiger partial charge in [-0.15, -0.1) is 0 Å². The van der Waals surface area contributed by atoms with E-state index >= 15 is 0 Å². The van der Waals surface area contributed by atoms with Crippen LogP contribution in [-0.2, 0) is 28.5 Å². The van der Waals surface area contributed by atoms with Crippen molar-refractivity contribution in [2.45, 2.75) is 45.3 Å². The molecule has 3 aromatic rings. The van der Waals surface area contributed by atoms with Crippen LogP contribution in [0.4, 0.5) is 4.79 Å². The second-order valence-corrected chi connectivity index (χ2v) is 11.6. The summed E-state index contributed by atoms with van der Waals surface area (Å²) in [5, 5.41) is 3.91. The fraction of sp³-hybridized carbons (Fsp3) is 0.433. The van der Waals surface area contributed by atoms with Gasteiger partial charge in [-0.2, -0.15) is 0 Å². The molecule has 0 spiro atoms. The minimum absolute atomic E-state index is 0.200. The lowest BCUT2D eigenvalue weighted by Crippen LogP contribution is -2.48. The first-order valence-electron chi connectivity index (χ1n) is 13.3. The highest BCUT2D eigenvalue weighted by Crippen LogP contribution is 2.52. The van der Waals surface area contributed by atoms with E-state index < -0.39 is 5.60 Å². The zero-order valence-corrected chi connectivity index (χ0v) is 24.0. The van der Waals surface area contributed by atoms with Gasteiger partial charge in [0.05, 0.1) is 24.2 Å². The van der Waals surface area contributed by atoms with Gasteiger partial charge in [0.1, 0.15) is 11.4 Å². The van der Waals surface area contributed by atoms with E-state index in [1.807, 2.05) is 65.3 Å². The summed E-state index contributed by atoms with van der Waals surface area (Å²) in [6.45, 7) is 11.5. The molecule has 1 unspecified atom stereocenters. The van der Waals surface area contributed by atoms with E-state index in [1.54, 1.807) is 4.90 Å². The van der Waals surface area contributed by atoms with Crippen molar-refractivity contribution in [3.05, 3.63) is 81.7 Å². The summed E-state index contributed by atoms with van der Waals surface area (Å²) in [5.41, 5.74) is 5.88. The van der Waals surface area contributed by atoms with Gasteiger partial charge < -0.3 is 24.3 Å². The second kappa shape index (κ2) is 10.8. The average Bonchev–Trinajstić information content (AvgIpc) is 3.65. The summed E-state index contributed by atoms with van der Waals surface area (Å²) >= 11 is 6.36. The van der Waals surface area contributed by atoms with Gasteiger partial charge in [-0.3, -0.25) is 4.98 Å². The topological polar surface area (TPSA) is 84.8 Å². The number of carbonyl (C=O) groups is 1. The number of nitrogens with one attached hydrogen (secondary N) is 1. The number of piperazine rings is 1. The van der Waals surface area contributed by atoms with Crippen LogP contribution in [0.25, 0.3) is 11.6 Å². The van der Waals surface area contributed by atoms with Crippen LogP contribution in [0.5, 0.6) is 0 Å². The SMILES string of the molecule is CC(C)(C)OC(=O)N1CCNCC1.Cc1ncc(C2(C3=Cc4cccnc4Cc4ccc(Cl)cc43)CO2)n1C. The first-order chi connectivity index (χ1) is 18.6. The largest absolute Gasteiger partial charge is 0.444 e. The molecule has 3 aliphatic rings. The summed E-state index contributed by atoms with van der Waals surface area (Å²) in [6, 6.07) is 10.2. The molecule has 1 amide bonds. The number of rotatable bonds is 2. The van der Waals surface area contributed by atoms with Gasteiger partial charge in [-0.25, -0.2) is 9.78 Å². The molecule has 1 N–H and O–H groups in total. The number of halogens is 1. The normalized spacial score (nSPS) is 20.1. The Morgan fingerprint density at radius 3 is 2.56 bits per heavy atom. The monoisotopic (exact) mass is 549 g/mol. The van der Waals surface area contributed by atoms with Crippen LogP contribution in [0.3, 0.4) is 0 Å². The van der Waals surface area contributed by atoms with Gasteiger partial charge in [0.15, 0.2) is 5.60 Å². The maximum absolute atomic E-state index is 11.5. The van der Waals surface area contributed by atoms with Crippen LogP contribution >= 0.6 is 11.6 Å². The van der Waals surface area contributed by atoms with Crippen molar-refractivity contribution < 1.29 is 14.3 Å². The molecule has 2 aliphatic heterocycles. The zero-order chi connectivity index (χ0) is 27.8. The number of amides is 1. The lowest BCUT2D eigenvalue weighted by Gasteiger charge is -2.30. The molecule has 8 nitrogen and oxygen atoms in total. The van der Waals surface area contributed by atoms with E-state index in [2.05, 4.69) is 38.1 Å². The van der Waals surface area contributed by atoms with Gasteiger partial charge in [-0.05, 0) is 68.7 Å². The molecule has 0 radical (unpaired) electrons. The number of carbonyl (C=O) groups excluding carboxylic acids is 1. The van der Waals surface area contributed by atoms with Gasteiger partial charge in [0.25, 0.3) is 0 Å². The lowest BCUT2D eigenvalue weighted by molar-refractivity contribution is 0.0229. The van der Waals surface area contributed by atoms with Crippen molar-refractivity contribution >= 4 is 29.3 Å². The van der Waals surface area contributed by atoms with E-state index in [1.165, 1.54) is 5.56 Å². The Balaban J connectivity index is 0.000000201. The number of hydrogen-bond acceptors (Lipinski definition) is 6. The number of hydrogen-bond donors (Lipinski definition) is 1. The van der Waals surface area contributed by atoms with Crippen molar-refractivity contribution in [2.75, 3.05) is 32.8 Å². The number of benzene rings is 1. The summed E-state index contributed by atoms with van der Waals surface area (Å²) in [6.07, 6.45) is 6.56. The van der Waals surface area contributed by atoms with E-state index in [0.29, 0.717) is 6.61 Å². The molecule has 4 heterocycles. The molecule has 2 fully saturated rings. The highest BCUT2D eigenvalue weighted by molar-refractivity contribution is 6.30. The molecule has 39 heavy (non-hydrogen) atoms. The number of aryl methyl sites for hydroxylation is 1. The van der Waals surface area contributed by atoms with Gasteiger partial charge in [-0.1, -0.05) is 23.7 Å². The molecule has 2 saturated heterocycles. The van der Waals surface area contributed by atoms with E-state index in [9.17, 15) is 4.79 Å². The number of fused-ring (bicyclic) bond motifs is 2. The van der Waals surface area contributed by atoms with Crippen LogP contribution in [-0.4, -0.2) is 63.9 Å². The fourth-order valence-electron chi connectivity index (χ4n) is 5.00. The maximum atomic E-state index is 11.5. The standard InChI is InChI=1S/C21H18ClN3O.C9H18N2O2/c1-13-24-11-20(25(13)2)21(12-26-21)18-8-15-4-3-7-23-19(15)9-14-5-6-16(22)10-17(14)18;1-9(2,3)13-8(12)11-6-4-10-5-7-11/h3-8,10-11H,9,12H2,1-2H3;10H,4-7H2,1-3H3. The van der Waals surface area contributed by atoms with Crippen LogP contribution in [0, 0.1) is 6.92 Å². The molecule has 9 heteroatoms. The van der Waals surface area contributed by atoms with Gasteiger partial charge in [0, 0.05) is 56.4 Å². The second-order valence-electron chi connectivity index (χ2n) is 11.2. The minimum Gasteiger partial charge on any atom is -0.444 e. The summed E-state index contributed by atoms with van der Waals surface area (Å²) < 4.78 is 13.4. The molecule has 1 atom stereocenters. The quantitative estimate of drug-likeness (QED) is 0.454. The zero-order valence-electron chi connectivity index (χ0n) is 23.3. The third kappa shape index (κ3) is 5.88. The van der Waals surface area contributed by atoms with Crippen molar-refractivity contribution in [3.8, 4) is 0 Å². The lowest BCUT2D eigenvalue weighted by atomic mass is 9.87. The van der Waals surface area contributed by atoms with Gasteiger partial charge in [0.2, 0.25) is 0 Å². The molecule has 6 rings (SSSR count). The number of nitrogens with zero attached hydrogens (tertiary/aromatic N) is 4. The molecule has 206 valence electrons. The molecular weight excluding hydrogens is 514 g/mol. The fourth-order valence-corrected chi connectivity index (χ4v) is 5.17.